The summed E-state index contributed by atoms with van der Waals surface area (Å²) < 4.78 is 5.22. The third-order valence-corrected chi connectivity index (χ3v) is 3.53. The van der Waals surface area contributed by atoms with Crippen molar-refractivity contribution in [1.82, 2.24) is 10.1 Å². The number of hydrogen-bond donors (Lipinski definition) is 0. The molecule has 1 fully saturated rings. The van der Waals surface area contributed by atoms with E-state index in [4.69, 9.17) is 4.52 Å². The van der Waals surface area contributed by atoms with Crippen molar-refractivity contribution < 1.29 is 9.32 Å². The Labute approximate surface area is 102 Å². The van der Waals surface area contributed by atoms with E-state index in [-0.39, 0.29) is 5.78 Å². The zero-order valence-corrected chi connectivity index (χ0v) is 10.8. The molecule has 94 valence electrons. The molecule has 4 heteroatoms. The summed E-state index contributed by atoms with van der Waals surface area (Å²) in [6.45, 7) is 7.13. The summed E-state index contributed by atoms with van der Waals surface area (Å²) in [6.07, 6.45) is 4.74. The van der Waals surface area contributed by atoms with Gasteiger partial charge in [-0.25, -0.2) is 0 Å². The highest BCUT2D eigenvalue weighted by Crippen LogP contribution is 2.24. The summed E-state index contributed by atoms with van der Waals surface area (Å²) in [7, 11) is 0. The van der Waals surface area contributed by atoms with Gasteiger partial charge < -0.3 is 4.52 Å². The summed E-state index contributed by atoms with van der Waals surface area (Å²) >= 11 is 0. The van der Waals surface area contributed by atoms with Crippen molar-refractivity contribution >= 4 is 5.78 Å². The van der Waals surface area contributed by atoms with Crippen LogP contribution in [-0.4, -0.2) is 34.5 Å². The van der Waals surface area contributed by atoms with E-state index in [0.29, 0.717) is 17.6 Å². The molecule has 0 amide bonds. The molecule has 0 bridgehead atoms. The highest BCUT2D eigenvalue weighted by Gasteiger charge is 2.28. The van der Waals surface area contributed by atoms with Crippen LogP contribution in [0.5, 0.6) is 0 Å². The molecule has 0 spiro atoms. The molecule has 0 N–H and O–H groups in total. The molecule has 1 aromatic rings. The van der Waals surface area contributed by atoms with Crippen molar-refractivity contribution in [2.24, 2.45) is 0 Å². The average Bonchev–Trinajstić information content (AvgIpc) is 2.86. The largest absolute Gasteiger partial charge is 0.361 e. The van der Waals surface area contributed by atoms with Crippen LogP contribution in [0, 0.1) is 0 Å². The molecular formula is C13H20N2O2. The molecule has 1 atom stereocenters. The van der Waals surface area contributed by atoms with Gasteiger partial charge in [0.15, 0.2) is 5.78 Å². The minimum absolute atomic E-state index is 0.0374. The van der Waals surface area contributed by atoms with Crippen LogP contribution in [0.25, 0.3) is 0 Å². The first-order chi connectivity index (χ1) is 8.09. The Hall–Kier alpha value is -1.16. The highest BCUT2D eigenvalue weighted by atomic mass is 16.5. The Morgan fingerprint density at radius 3 is 3.06 bits per heavy atom. The number of aromatic nitrogens is 1. The second-order valence-electron chi connectivity index (χ2n) is 5.05. The van der Waals surface area contributed by atoms with Crippen molar-refractivity contribution in [3.8, 4) is 0 Å². The molecule has 4 nitrogen and oxygen atoms in total. The molecule has 1 saturated heterocycles. The third kappa shape index (κ3) is 2.57. The minimum Gasteiger partial charge on any atom is -0.361 e. The number of rotatable bonds is 4. The lowest BCUT2D eigenvalue weighted by molar-refractivity contribution is 0.101. The van der Waals surface area contributed by atoms with Gasteiger partial charge in [-0.2, -0.15) is 0 Å². The van der Waals surface area contributed by atoms with Crippen molar-refractivity contribution in [3.05, 3.63) is 17.5 Å². The van der Waals surface area contributed by atoms with Crippen molar-refractivity contribution in [1.29, 1.82) is 0 Å². The first-order valence-corrected chi connectivity index (χ1v) is 6.30. The quantitative estimate of drug-likeness (QED) is 0.752. The summed E-state index contributed by atoms with van der Waals surface area (Å²) in [5.41, 5.74) is 0.639. The topological polar surface area (TPSA) is 46.3 Å². The van der Waals surface area contributed by atoms with Crippen molar-refractivity contribution in [2.45, 2.75) is 52.1 Å². The molecule has 0 radical (unpaired) electrons. The summed E-state index contributed by atoms with van der Waals surface area (Å²) in [5, 5.41) is 3.74. The van der Waals surface area contributed by atoms with Crippen LogP contribution in [0.1, 0.15) is 49.7 Å². The normalized spacial score (nSPS) is 21.3. The predicted molar refractivity (Wildman–Crippen MR) is 65.1 cm³/mol. The van der Waals surface area contributed by atoms with Gasteiger partial charge >= 0.3 is 0 Å². The number of hydrogen-bond acceptors (Lipinski definition) is 4. The first-order valence-electron chi connectivity index (χ1n) is 6.30. The highest BCUT2D eigenvalue weighted by molar-refractivity contribution is 5.94. The third-order valence-electron chi connectivity index (χ3n) is 3.53. The van der Waals surface area contributed by atoms with E-state index < -0.39 is 0 Å². The van der Waals surface area contributed by atoms with Crippen LogP contribution in [0.2, 0.25) is 0 Å². The monoisotopic (exact) mass is 236 g/mol. The second kappa shape index (κ2) is 5.00. The Balaban J connectivity index is 2.10. The summed E-state index contributed by atoms with van der Waals surface area (Å²) in [4.78, 5) is 13.9. The van der Waals surface area contributed by atoms with E-state index >= 15 is 0 Å². The molecule has 2 heterocycles. The van der Waals surface area contributed by atoms with E-state index in [0.717, 1.165) is 18.7 Å². The SMILES string of the molecule is CC(=O)c1cnoc1CC1CCCN1C(C)C. The number of likely N-dealkylation sites (tertiary alicyclic amines) is 1. The molecular weight excluding hydrogens is 216 g/mol. The van der Waals surface area contributed by atoms with Crippen LogP contribution >= 0.6 is 0 Å². The van der Waals surface area contributed by atoms with Gasteiger partial charge in [-0.3, -0.25) is 9.69 Å². The standard InChI is InChI=1S/C13H20N2O2/c1-9(2)15-6-4-5-11(15)7-13-12(10(3)16)8-14-17-13/h8-9,11H,4-7H2,1-3H3. The zero-order chi connectivity index (χ0) is 12.4. The van der Waals surface area contributed by atoms with E-state index in [1.54, 1.807) is 6.92 Å². The van der Waals surface area contributed by atoms with Gasteiger partial charge in [-0.05, 0) is 40.2 Å². The lowest BCUT2D eigenvalue weighted by Gasteiger charge is -2.27. The first kappa shape index (κ1) is 12.3. The van der Waals surface area contributed by atoms with Crippen LogP contribution in [0.3, 0.4) is 0 Å². The maximum atomic E-state index is 11.4. The van der Waals surface area contributed by atoms with Crippen LogP contribution < -0.4 is 0 Å². The van der Waals surface area contributed by atoms with Crippen LogP contribution in [0.4, 0.5) is 0 Å². The Morgan fingerprint density at radius 2 is 2.41 bits per heavy atom. The van der Waals surface area contributed by atoms with E-state index in [1.165, 1.54) is 19.0 Å². The fourth-order valence-corrected chi connectivity index (χ4v) is 2.67. The van der Waals surface area contributed by atoms with Crippen molar-refractivity contribution in [3.63, 3.8) is 0 Å². The second-order valence-corrected chi connectivity index (χ2v) is 5.05. The Bertz CT molecular complexity index is 398. The number of carbonyl (C=O) groups excluding carboxylic acids is 1. The number of carbonyl (C=O) groups is 1. The number of ketones is 1. The summed E-state index contributed by atoms with van der Waals surface area (Å²) in [6, 6.07) is 1.03. The van der Waals surface area contributed by atoms with Crippen molar-refractivity contribution in [2.75, 3.05) is 6.54 Å². The fourth-order valence-electron chi connectivity index (χ4n) is 2.67. The van der Waals surface area contributed by atoms with Gasteiger partial charge in [0.2, 0.25) is 0 Å². The van der Waals surface area contributed by atoms with E-state index in [9.17, 15) is 4.79 Å². The van der Waals surface area contributed by atoms with Gasteiger partial charge in [0.1, 0.15) is 5.76 Å². The molecule has 1 aliphatic heterocycles. The molecule has 17 heavy (non-hydrogen) atoms. The molecule has 0 aliphatic carbocycles. The number of Topliss-reactive ketones (excluding diaryl/α,β-unsaturated/α-hetero) is 1. The molecule has 2 rings (SSSR count). The minimum atomic E-state index is 0.0374. The molecule has 0 aromatic carbocycles. The lowest BCUT2D eigenvalue weighted by Crippen LogP contribution is -2.36. The lowest BCUT2D eigenvalue weighted by atomic mass is 10.0. The average molecular weight is 236 g/mol. The Morgan fingerprint density at radius 1 is 1.65 bits per heavy atom. The maximum Gasteiger partial charge on any atom is 0.164 e. The maximum absolute atomic E-state index is 11.4. The molecule has 1 aromatic heterocycles. The molecule has 1 unspecified atom stereocenters. The fraction of sp³-hybridized carbons (Fsp3) is 0.692. The van der Waals surface area contributed by atoms with Gasteiger partial charge in [0.05, 0.1) is 11.8 Å². The summed E-state index contributed by atoms with van der Waals surface area (Å²) in [5.74, 6) is 0.783. The van der Waals surface area contributed by atoms with Gasteiger partial charge in [0.25, 0.3) is 0 Å². The number of nitrogens with zero attached hydrogens (tertiary/aromatic N) is 2. The molecule has 0 saturated carbocycles. The van der Waals surface area contributed by atoms with Gasteiger partial charge in [0, 0.05) is 18.5 Å². The zero-order valence-electron chi connectivity index (χ0n) is 10.8. The molecule has 1 aliphatic rings. The van der Waals surface area contributed by atoms with E-state index in [2.05, 4.69) is 23.9 Å². The predicted octanol–water partition coefficient (Wildman–Crippen LogP) is 2.29. The van der Waals surface area contributed by atoms with Gasteiger partial charge in [-0.15, -0.1) is 0 Å². The smallest absolute Gasteiger partial charge is 0.164 e. The van der Waals surface area contributed by atoms with Gasteiger partial charge in [-0.1, -0.05) is 5.16 Å². The van der Waals surface area contributed by atoms with Crippen LogP contribution in [0.15, 0.2) is 10.7 Å². The van der Waals surface area contributed by atoms with E-state index in [1.807, 2.05) is 0 Å². The van der Waals surface area contributed by atoms with Crippen LogP contribution in [-0.2, 0) is 6.42 Å². The Kier molecular flexibility index (Phi) is 3.62.